The molecule has 0 atom stereocenters. The maximum absolute atomic E-state index is 12.2. The summed E-state index contributed by atoms with van der Waals surface area (Å²) in [5.74, 6) is 1.87. The second kappa shape index (κ2) is 8.03. The van der Waals surface area contributed by atoms with Crippen molar-refractivity contribution in [3.05, 3.63) is 48.0 Å². The Labute approximate surface area is 142 Å². The highest BCUT2D eigenvalue weighted by molar-refractivity contribution is 7.89. The van der Waals surface area contributed by atoms with Crippen molar-refractivity contribution in [2.45, 2.75) is 11.3 Å². The van der Waals surface area contributed by atoms with Crippen molar-refractivity contribution >= 4 is 10.0 Å². The quantitative estimate of drug-likeness (QED) is 0.789. The molecule has 0 radical (unpaired) electrons. The van der Waals surface area contributed by atoms with E-state index in [-0.39, 0.29) is 11.4 Å². The van der Waals surface area contributed by atoms with Gasteiger partial charge in [-0.1, -0.05) is 6.07 Å². The molecule has 0 aliphatic carbocycles. The second-order valence-corrected chi connectivity index (χ2v) is 6.78. The zero-order valence-electron chi connectivity index (χ0n) is 13.9. The monoisotopic (exact) mass is 351 g/mol. The van der Waals surface area contributed by atoms with Gasteiger partial charge in [0, 0.05) is 6.54 Å². The van der Waals surface area contributed by atoms with E-state index in [0.717, 1.165) is 5.56 Å². The van der Waals surface area contributed by atoms with Crippen LogP contribution >= 0.6 is 0 Å². The van der Waals surface area contributed by atoms with E-state index in [4.69, 9.17) is 14.2 Å². The van der Waals surface area contributed by atoms with Crippen LogP contribution in [0.4, 0.5) is 0 Å². The van der Waals surface area contributed by atoms with E-state index < -0.39 is 10.0 Å². The van der Waals surface area contributed by atoms with Gasteiger partial charge in [-0.25, -0.2) is 13.1 Å². The SMILES string of the molecule is COc1ccc(S(=O)(=O)NCCc2ccc(OC)c(OC)c2)cc1. The Morgan fingerprint density at radius 3 is 2.12 bits per heavy atom. The van der Waals surface area contributed by atoms with Gasteiger partial charge in [0.25, 0.3) is 0 Å². The van der Waals surface area contributed by atoms with Crippen molar-refractivity contribution in [2.24, 2.45) is 0 Å². The molecule has 0 aliphatic heterocycles. The second-order valence-electron chi connectivity index (χ2n) is 5.01. The smallest absolute Gasteiger partial charge is 0.240 e. The minimum Gasteiger partial charge on any atom is -0.497 e. The number of methoxy groups -OCH3 is 3. The fraction of sp³-hybridized carbons (Fsp3) is 0.294. The maximum atomic E-state index is 12.2. The van der Waals surface area contributed by atoms with Crippen LogP contribution < -0.4 is 18.9 Å². The summed E-state index contributed by atoms with van der Waals surface area (Å²) >= 11 is 0. The first-order valence-corrected chi connectivity index (χ1v) is 8.83. The molecule has 1 N–H and O–H groups in total. The molecule has 0 amide bonds. The lowest BCUT2D eigenvalue weighted by Crippen LogP contribution is -2.26. The molecular weight excluding hydrogens is 330 g/mol. The number of rotatable bonds is 8. The Balaban J connectivity index is 1.99. The van der Waals surface area contributed by atoms with E-state index in [1.807, 2.05) is 12.1 Å². The molecule has 0 fully saturated rings. The summed E-state index contributed by atoms with van der Waals surface area (Å²) in [5, 5.41) is 0. The van der Waals surface area contributed by atoms with Crippen LogP contribution in [0.2, 0.25) is 0 Å². The Morgan fingerprint density at radius 2 is 1.54 bits per heavy atom. The van der Waals surface area contributed by atoms with Crippen LogP contribution in [0.25, 0.3) is 0 Å². The normalized spacial score (nSPS) is 11.1. The Morgan fingerprint density at radius 1 is 0.875 bits per heavy atom. The summed E-state index contributed by atoms with van der Waals surface area (Å²) in [6.07, 6.45) is 0.537. The van der Waals surface area contributed by atoms with Crippen LogP contribution in [0.1, 0.15) is 5.56 Å². The first-order chi connectivity index (χ1) is 11.5. The summed E-state index contributed by atoms with van der Waals surface area (Å²) < 4.78 is 42.5. The lowest BCUT2D eigenvalue weighted by Gasteiger charge is -2.10. The number of hydrogen-bond donors (Lipinski definition) is 1. The molecule has 0 aliphatic rings. The minimum absolute atomic E-state index is 0.204. The molecule has 0 heterocycles. The Kier molecular flexibility index (Phi) is 6.05. The molecule has 0 saturated heterocycles. The number of sulfonamides is 1. The summed E-state index contributed by atoms with van der Waals surface area (Å²) in [6.45, 7) is 0.282. The first-order valence-electron chi connectivity index (χ1n) is 7.35. The summed E-state index contributed by atoms with van der Waals surface area (Å²) in [4.78, 5) is 0.204. The number of ether oxygens (including phenoxy) is 3. The van der Waals surface area contributed by atoms with Gasteiger partial charge in [0.2, 0.25) is 10.0 Å². The van der Waals surface area contributed by atoms with E-state index in [2.05, 4.69) is 4.72 Å². The van der Waals surface area contributed by atoms with Crippen LogP contribution in [0.5, 0.6) is 17.2 Å². The molecule has 2 rings (SSSR count). The van der Waals surface area contributed by atoms with Gasteiger partial charge < -0.3 is 14.2 Å². The van der Waals surface area contributed by atoms with Crippen LogP contribution in [0.15, 0.2) is 47.4 Å². The average Bonchev–Trinajstić information content (AvgIpc) is 2.61. The van der Waals surface area contributed by atoms with Crippen molar-refractivity contribution in [3.63, 3.8) is 0 Å². The molecule has 6 nitrogen and oxygen atoms in total. The Bertz CT molecular complexity index is 772. The summed E-state index contributed by atoms with van der Waals surface area (Å²) in [5.41, 5.74) is 0.949. The summed E-state index contributed by atoms with van der Waals surface area (Å²) in [7, 11) is 1.12. The molecule has 0 aromatic heterocycles. The van der Waals surface area contributed by atoms with Crippen molar-refractivity contribution in [1.82, 2.24) is 4.72 Å². The molecule has 0 unspecified atom stereocenters. The highest BCUT2D eigenvalue weighted by Gasteiger charge is 2.13. The maximum Gasteiger partial charge on any atom is 0.240 e. The van der Waals surface area contributed by atoms with Gasteiger partial charge in [0.15, 0.2) is 11.5 Å². The zero-order valence-corrected chi connectivity index (χ0v) is 14.7. The third-order valence-electron chi connectivity index (χ3n) is 3.52. The lowest BCUT2D eigenvalue weighted by molar-refractivity contribution is 0.354. The molecular formula is C17H21NO5S. The van der Waals surface area contributed by atoms with Gasteiger partial charge in [-0.3, -0.25) is 0 Å². The lowest BCUT2D eigenvalue weighted by atomic mass is 10.1. The van der Waals surface area contributed by atoms with Crippen molar-refractivity contribution in [3.8, 4) is 17.2 Å². The van der Waals surface area contributed by atoms with Crippen LogP contribution in [0, 0.1) is 0 Å². The molecule has 0 saturated carbocycles. The number of benzene rings is 2. The first kappa shape index (κ1) is 18.1. The molecule has 0 spiro atoms. The fourth-order valence-electron chi connectivity index (χ4n) is 2.20. The van der Waals surface area contributed by atoms with Crippen molar-refractivity contribution in [2.75, 3.05) is 27.9 Å². The van der Waals surface area contributed by atoms with Gasteiger partial charge >= 0.3 is 0 Å². The molecule has 7 heteroatoms. The van der Waals surface area contributed by atoms with Gasteiger partial charge in [-0.2, -0.15) is 0 Å². The predicted octanol–water partition coefficient (Wildman–Crippen LogP) is 2.23. The number of nitrogens with one attached hydrogen (secondary N) is 1. The highest BCUT2D eigenvalue weighted by atomic mass is 32.2. The summed E-state index contributed by atoms with van der Waals surface area (Å²) in [6, 6.07) is 11.8. The Hall–Kier alpha value is -2.25. The minimum atomic E-state index is -3.55. The van der Waals surface area contributed by atoms with Gasteiger partial charge in [0.1, 0.15) is 5.75 Å². The molecule has 24 heavy (non-hydrogen) atoms. The predicted molar refractivity (Wildman–Crippen MR) is 91.4 cm³/mol. The van der Waals surface area contributed by atoms with E-state index >= 15 is 0 Å². The topological polar surface area (TPSA) is 73.9 Å². The third-order valence-corrected chi connectivity index (χ3v) is 5.00. The van der Waals surface area contributed by atoms with E-state index in [9.17, 15) is 8.42 Å². The fourth-order valence-corrected chi connectivity index (χ4v) is 3.24. The van der Waals surface area contributed by atoms with Crippen molar-refractivity contribution < 1.29 is 22.6 Å². The average molecular weight is 351 g/mol. The number of hydrogen-bond acceptors (Lipinski definition) is 5. The largest absolute Gasteiger partial charge is 0.497 e. The molecule has 2 aromatic rings. The molecule has 130 valence electrons. The van der Waals surface area contributed by atoms with Crippen molar-refractivity contribution in [1.29, 1.82) is 0 Å². The zero-order chi connectivity index (χ0) is 17.6. The third kappa shape index (κ3) is 4.39. The van der Waals surface area contributed by atoms with E-state index in [0.29, 0.717) is 23.7 Å². The standard InChI is InChI=1S/C17H21NO5S/c1-21-14-5-7-15(8-6-14)24(19,20)18-11-10-13-4-9-16(22-2)17(12-13)23-3/h4-9,12,18H,10-11H2,1-3H3. The van der Waals surface area contributed by atoms with E-state index in [1.165, 1.54) is 19.2 Å². The highest BCUT2D eigenvalue weighted by Crippen LogP contribution is 2.27. The van der Waals surface area contributed by atoms with Gasteiger partial charge in [-0.15, -0.1) is 0 Å². The molecule has 0 bridgehead atoms. The van der Waals surface area contributed by atoms with Gasteiger partial charge in [-0.05, 0) is 48.4 Å². The molecule has 2 aromatic carbocycles. The van der Waals surface area contributed by atoms with Crippen LogP contribution in [0.3, 0.4) is 0 Å². The van der Waals surface area contributed by atoms with Crippen LogP contribution in [-0.2, 0) is 16.4 Å². The van der Waals surface area contributed by atoms with Gasteiger partial charge in [0.05, 0.1) is 26.2 Å². The van der Waals surface area contributed by atoms with E-state index in [1.54, 1.807) is 32.4 Å². The van der Waals surface area contributed by atoms with Crippen LogP contribution in [-0.4, -0.2) is 36.3 Å².